The number of Topliss-reactive ketones (excluding diaryl/α,β-unsaturated/α-hetero) is 1. The zero-order valence-corrected chi connectivity index (χ0v) is 21.4. The number of carbonyl (C=O) groups excluding carboxylic acids is 2. The first kappa shape index (κ1) is 24.6. The van der Waals surface area contributed by atoms with E-state index in [0.29, 0.717) is 35.7 Å². The van der Waals surface area contributed by atoms with Gasteiger partial charge in [-0.3, -0.25) is 14.6 Å². The number of fused-ring (bicyclic) bond motifs is 1. The minimum atomic E-state index is -3.84. The van der Waals surface area contributed by atoms with E-state index >= 15 is 0 Å². The Balaban J connectivity index is 1.19. The molecular weight excluding hydrogens is 506 g/mol. The van der Waals surface area contributed by atoms with Crippen LogP contribution in [0.5, 0.6) is 11.5 Å². The maximum absolute atomic E-state index is 13.4. The summed E-state index contributed by atoms with van der Waals surface area (Å²) in [4.78, 5) is 29.9. The highest BCUT2D eigenvalue weighted by Gasteiger charge is 2.51. The quantitative estimate of drug-likeness (QED) is 0.471. The summed E-state index contributed by atoms with van der Waals surface area (Å²) in [6.45, 7) is 0.457. The molecule has 38 heavy (non-hydrogen) atoms. The van der Waals surface area contributed by atoms with Crippen molar-refractivity contribution in [2.24, 2.45) is 5.73 Å². The number of ether oxygens (including phenoxy) is 2. The van der Waals surface area contributed by atoms with E-state index in [1.807, 2.05) is 36.4 Å². The maximum Gasteiger partial charge on any atom is 0.243 e. The number of sulfonamides is 1. The molecule has 1 aromatic heterocycles. The number of hydrogen-bond acceptors (Lipinski definition) is 7. The van der Waals surface area contributed by atoms with Gasteiger partial charge >= 0.3 is 0 Å². The van der Waals surface area contributed by atoms with Crippen LogP contribution in [0, 0.1) is 0 Å². The van der Waals surface area contributed by atoms with Gasteiger partial charge in [-0.05, 0) is 67.6 Å². The van der Waals surface area contributed by atoms with Gasteiger partial charge in [0.2, 0.25) is 22.7 Å². The van der Waals surface area contributed by atoms with Crippen molar-refractivity contribution in [1.29, 1.82) is 0 Å². The maximum atomic E-state index is 13.4. The number of hydrogen-bond donors (Lipinski definition) is 1. The minimum absolute atomic E-state index is 0.0973. The summed E-state index contributed by atoms with van der Waals surface area (Å²) in [5, 5.41) is 0. The third kappa shape index (κ3) is 4.23. The largest absolute Gasteiger partial charge is 0.454 e. The molecule has 1 saturated heterocycles. The zero-order valence-electron chi connectivity index (χ0n) is 20.6. The molecule has 10 heteroatoms. The Labute approximate surface area is 220 Å². The molecule has 3 aromatic rings. The monoisotopic (exact) mass is 533 g/mol. The average molecular weight is 534 g/mol. The summed E-state index contributed by atoms with van der Waals surface area (Å²) in [6.07, 6.45) is 2.79. The van der Waals surface area contributed by atoms with Gasteiger partial charge in [-0.25, -0.2) is 8.42 Å². The molecule has 2 aromatic carbocycles. The number of amides is 1. The van der Waals surface area contributed by atoms with Crippen molar-refractivity contribution in [1.82, 2.24) is 9.29 Å². The fraction of sp³-hybridized carbons (Fsp3) is 0.321. The number of carbonyl (C=O) groups is 2. The van der Waals surface area contributed by atoms with Gasteiger partial charge in [0.25, 0.3) is 0 Å². The van der Waals surface area contributed by atoms with Crippen molar-refractivity contribution in [2.45, 2.75) is 48.5 Å². The smallest absolute Gasteiger partial charge is 0.243 e. The lowest BCUT2D eigenvalue weighted by Crippen LogP contribution is -2.43. The Morgan fingerprint density at radius 2 is 1.79 bits per heavy atom. The van der Waals surface area contributed by atoms with Crippen molar-refractivity contribution in [3.63, 3.8) is 0 Å². The molecule has 0 bridgehead atoms. The molecule has 2 fully saturated rings. The van der Waals surface area contributed by atoms with Gasteiger partial charge in [-0.2, -0.15) is 4.31 Å². The van der Waals surface area contributed by atoms with E-state index in [-0.39, 0.29) is 30.4 Å². The lowest BCUT2D eigenvalue weighted by atomic mass is 9.88. The predicted octanol–water partition coefficient (Wildman–Crippen LogP) is 2.96. The van der Waals surface area contributed by atoms with Crippen LogP contribution in [0.4, 0.5) is 0 Å². The minimum Gasteiger partial charge on any atom is -0.454 e. The van der Waals surface area contributed by atoms with Crippen LogP contribution in [0.2, 0.25) is 0 Å². The number of nitrogens with zero attached hydrogens (tertiary/aromatic N) is 2. The Bertz CT molecular complexity index is 1530. The number of primary amides is 1. The molecule has 1 amide bonds. The van der Waals surface area contributed by atoms with Gasteiger partial charge in [0.1, 0.15) is 11.8 Å². The number of rotatable bonds is 8. The SMILES string of the molecule is NC(=O)[C@@H]1CCCN1S(=O)(=O)c1ccc(-c2cccc(CC(=O)C3(c4ccc5c(c4)OCO5)CC3)n2)cc1. The number of benzene rings is 2. The second kappa shape index (κ2) is 9.21. The first-order chi connectivity index (χ1) is 18.3. The van der Waals surface area contributed by atoms with Crippen LogP contribution < -0.4 is 15.2 Å². The van der Waals surface area contributed by atoms with Gasteiger partial charge in [0.05, 0.1) is 16.0 Å². The van der Waals surface area contributed by atoms with E-state index in [0.717, 1.165) is 24.0 Å². The van der Waals surface area contributed by atoms with Crippen LogP contribution >= 0.6 is 0 Å². The van der Waals surface area contributed by atoms with Crippen LogP contribution in [-0.2, 0) is 31.4 Å². The van der Waals surface area contributed by atoms with E-state index in [4.69, 9.17) is 20.2 Å². The predicted molar refractivity (Wildman–Crippen MR) is 138 cm³/mol. The molecule has 1 aliphatic carbocycles. The van der Waals surface area contributed by atoms with E-state index in [9.17, 15) is 18.0 Å². The van der Waals surface area contributed by atoms with Gasteiger partial charge < -0.3 is 15.2 Å². The number of aromatic nitrogens is 1. The van der Waals surface area contributed by atoms with Crippen LogP contribution in [0.3, 0.4) is 0 Å². The molecule has 1 atom stereocenters. The lowest BCUT2D eigenvalue weighted by molar-refractivity contribution is -0.121. The van der Waals surface area contributed by atoms with Crippen LogP contribution in [-0.4, -0.2) is 48.8 Å². The Kier molecular flexibility index (Phi) is 5.96. The first-order valence-electron chi connectivity index (χ1n) is 12.6. The van der Waals surface area contributed by atoms with E-state index < -0.39 is 27.4 Å². The highest BCUT2D eigenvalue weighted by atomic mass is 32.2. The van der Waals surface area contributed by atoms with Gasteiger partial charge in [-0.15, -0.1) is 0 Å². The Hall–Kier alpha value is -3.76. The van der Waals surface area contributed by atoms with E-state index in [1.165, 1.54) is 16.4 Å². The molecule has 0 radical (unpaired) electrons. The van der Waals surface area contributed by atoms with Crippen molar-refractivity contribution in [3.8, 4) is 22.8 Å². The molecule has 0 unspecified atom stereocenters. The highest BCUT2D eigenvalue weighted by molar-refractivity contribution is 7.89. The first-order valence-corrected chi connectivity index (χ1v) is 14.0. The van der Waals surface area contributed by atoms with Gasteiger partial charge in [0, 0.05) is 24.2 Å². The summed E-state index contributed by atoms with van der Waals surface area (Å²) in [7, 11) is -3.84. The third-order valence-electron chi connectivity index (χ3n) is 7.65. The van der Waals surface area contributed by atoms with E-state index in [2.05, 4.69) is 0 Å². The normalized spacial score (nSPS) is 19.8. The fourth-order valence-electron chi connectivity index (χ4n) is 5.37. The molecule has 2 N–H and O–H groups in total. The summed E-state index contributed by atoms with van der Waals surface area (Å²) >= 11 is 0. The topological polar surface area (TPSA) is 129 Å². The van der Waals surface area contributed by atoms with Crippen molar-refractivity contribution in [2.75, 3.05) is 13.3 Å². The van der Waals surface area contributed by atoms with Crippen LogP contribution in [0.1, 0.15) is 36.9 Å². The molecule has 6 rings (SSSR count). The standard InChI is InChI=1S/C28H27N3O6S/c29-27(33)23-5-2-14-31(23)38(34,35)21-9-6-18(7-10-21)22-4-1-3-20(30-22)16-26(32)28(12-13-28)19-8-11-24-25(15-19)37-17-36-24/h1,3-4,6-11,15,23H,2,5,12-14,16-17H2,(H2,29,33)/t23-/m0/s1. The molecule has 0 spiro atoms. The van der Waals surface area contributed by atoms with Crippen LogP contribution in [0.15, 0.2) is 65.6 Å². The van der Waals surface area contributed by atoms with Crippen molar-refractivity contribution in [3.05, 3.63) is 71.9 Å². The second-order valence-corrected chi connectivity index (χ2v) is 11.9. The molecule has 1 saturated carbocycles. The van der Waals surface area contributed by atoms with Crippen molar-refractivity contribution >= 4 is 21.7 Å². The molecular formula is C28H27N3O6S. The number of ketones is 1. The Morgan fingerprint density at radius 3 is 2.53 bits per heavy atom. The zero-order chi connectivity index (χ0) is 26.5. The van der Waals surface area contributed by atoms with Gasteiger partial charge in [-0.1, -0.05) is 24.3 Å². The van der Waals surface area contributed by atoms with Crippen molar-refractivity contribution < 1.29 is 27.5 Å². The second-order valence-electron chi connectivity index (χ2n) is 9.96. The summed E-state index contributed by atoms with van der Waals surface area (Å²) in [5.41, 5.74) is 7.85. The molecule has 196 valence electrons. The average Bonchev–Trinajstić information content (AvgIpc) is 3.33. The summed E-state index contributed by atoms with van der Waals surface area (Å²) < 4.78 is 38.3. The number of nitrogens with two attached hydrogens (primary N) is 1. The molecule has 2 aliphatic heterocycles. The highest BCUT2D eigenvalue weighted by Crippen LogP contribution is 2.51. The summed E-state index contributed by atoms with van der Waals surface area (Å²) in [5.74, 6) is 0.835. The Morgan fingerprint density at radius 1 is 1.03 bits per heavy atom. The summed E-state index contributed by atoms with van der Waals surface area (Å²) in [6, 6.07) is 16.8. The molecule has 3 heterocycles. The molecule has 3 aliphatic rings. The third-order valence-corrected chi connectivity index (χ3v) is 9.57. The van der Waals surface area contributed by atoms with E-state index in [1.54, 1.807) is 12.1 Å². The molecule has 9 nitrogen and oxygen atoms in total. The fourth-order valence-corrected chi connectivity index (χ4v) is 7.03. The van der Waals surface area contributed by atoms with Gasteiger partial charge in [0.15, 0.2) is 11.5 Å². The number of pyridine rings is 1. The van der Waals surface area contributed by atoms with Crippen LogP contribution in [0.25, 0.3) is 11.3 Å². The lowest BCUT2D eigenvalue weighted by Gasteiger charge is -2.21.